The van der Waals surface area contributed by atoms with Crippen molar-refractivity contribution in [2.45, 2.75) is 13.0 Å². The number of nitrogens with zero attached hydrogens (tertiary/aromatic N) is 2. The number of halogens is 2. The molecule has 0 saturated carbocycles. The summed E-state index contributed by atoms with van der Waals surface area (Å²) in [6.07, 6.45) is 0.677. The van der Waals surface area contributed by atoms with Gasteiger partial charge in [-0.25, -0.2) is 13.6 Å². The highest BCUT2D eigenvalue weighted by Gasteiger charge is 2.20. The lowest BCUT2D eigenvalue weighted by molar-refractivity contribution is 0.135. The molecule has 1 aliphatic rings. The third-order valence-corrected chi connectivity index (χ3v) is 4.58. The van der Waals surface area contributed by atoms with Crippen molar-refractivity contribution >= 4 is 6.03 Å². The van der Waals surface area contributed by atoms with Gasteiger partial charge in [0.05, 0.1) is 0 Å². The van der Waals surface area contributed by atoms with E-state index in [-0.39, 0.29) is 17.7 Å². The monoisotopic (exact) mass is 359 g/mol. The fraction of sp³-hybridized carbons (Fsp3) is 0.350. The number of carbonyl (C=O) groups excluding carboxylic acids is 1. The number of hydrogen-bond donors (Lipinski definition) is 1. The van der Waals surface area contributed by atoms with Gasteiger partial charge >= 0.3 is 6.03 Å². The van der Waals surface area contributed by atoms with Gasteiger partial charge in [0.1, 0.15) is 11.6 Å². The highest BCUT2D eigenvalue weighted by Crippen LogP contribution is 2.10. The van der Waals surface area contributed by atoms with Crippen molar-refractivity contribution in [3.8, 4) is 0 Å². The molecule has 2 aromatic rings. The maximum Gasteiger partial charge on any atom is 0.317 e. The number of hydrogen-bond acceptors (Lipinski definition) is 2. The molecular weight excluding hydrogens is 336 g/mol. The Bertz CT molecular complexity index is 711. The molecule has 0 bridgehead atoms. The van der Waals surface area contributed by atoms with Gasteiger partial charge in [-0.15, -0.1) is 0 Å². The third kappa shape index (κ3) is 5.26. The van der Waals surface area contributed by atoms with Gasteiger partial charge in [0.2, 0.25) is 0 Å². The summed E-state index contributed by atoms with van der Waals surface area (Å²) in [5.74, 6) is -0.479. The molecule has 6 heteroatoms. The van der Waals surface area contributed by atoms with Crippen molar-refractivity contribution in [1.29, 1.82) is 0 Å². The van der Waals surface area contributed by atoms with Gasteiger partial charge in [-0.3, -0.25) is 4.90 Å². The van der Waals surface area contributed by atoms with Gasteiger partial charge in [-0.05, 0) is 41.8 Å². The molecule has 138 valence electrons. The third-order valence-electron chi connectivity index (χ3n) is 4.58. The van der Waals surface area contributed by atoms with Crippen molar-refractivity contribution in [1.82, 2.24) is 15.1 Å². The second-order valence-electron chi connectivity index (χ2n) is 6.50. The van der Waals surface area contributed by atoms with Gasteiger partial charge in [-0.2, -0.15) is 0 Å². The minimum atomic E-state index is -0.253. The van der Waals surface area contributed by atoms with Gasteiger partial charge in [0.15, 0.2) is 0 Å². The first-order valence-corrected chi connectivity index (χ1v) is 8.84. The van der Waals surface area contributed by atoms with Crippen LogP contribution in [0.4, 0.5) is 13.6 Å². The Balaban J connectivity index is 1.37. The molecule has 1 heterocycles. The number of benzene rings is 2. The van der Waals surface area contributed by atoms with E-state index in [1.807, 2.05) is 4.90 Å². The normalized spacial score (nSPS) is 15.1. The van der Waals surface area contributed by atoms with Crippen LogP contribution in [-0.4, -0.2) is 48.6 Å². The molecule has 1 aliphatic heterocycles. The Morgan fingerprint density at radius 1 is 0.846 bits per heavy atom. The fourth-order valence-electron chi connectivity index (χ4n) is 3.03. The van der Waals surface area contributed by atoms with Crippen molar-refractivity contribution in [3.63, 3.8) is 0 Å². The Kier molecular flexibility index (Phi) is 6.17. The average Bonchev–Trinajstić information content (AvgIpc) is 2.66. The average molecular weight is 359 g/mol. The van der Waals surface area contributed by atoms with Crippen LogP contribution in [0.3, 0.4) is 0 Å². The molecule has 1 N–H and O–H groups in total. The molecule has 0 spiro atoms. The molecule has 1 saturated heterocycles. The lowest BCUT2D eigenvalue weighted by atomic mass is 10.1. The highest BCUT2D eigenvalue weighted by atomic mass is 19.1. The molecule has 0 aromatic heterocycles. The molecule has 0 unspecified atom stereocenters. The lowest BCUT2D eigenvalue weighted by Crippen LogP contribution is -2.51. The van der Waals surface area contributed by atoms with Crippen LogP contribution in [0.25, 0.3) is 0 Å². The van der Waals surface area contributed by atoms with Crippen LogP contribution in [0.5, 0.6) is 0 Å². The van der Waals surface area contributed by atoms with Crippen LogP contribution in [0.2, 0.25) is 0 Å². The van der Waals surface area contributed by atoms with Crippen LogP contribution in [0.1, 0.15) is 11.1 Å². The quantitative estimate of drug-likeness (QED) is 0.891. The van der Waals surface area contributed by atoms with Gasteiger partial charge in [0, 0.05) is 39.3 Å². The topological polar surface area (TPSA) is 35.6 Å². The standard InChI is InChI=1S/C20H23F2N3O/c21-18-5-1-16(2-6-18)9-10-23-20(26)25-13-11-24(12-14-25)15-17-3-7-19(22)8-4-17/h1-8H,9-15H2,(H,23,26). The molecule has 0 radical (unpaired) electrons. The van der Waals surface area contributed by atoms with Crippen LogP contribution >= 0.6 is 0 Å². The van der Waals surface area contributed by atoms with Crippen molar-refractivity contribution in [3.05, 3.63) is 71.3 Å². The molecule has 2 aromatic carbocycles. The van der Waals surface area contributed by atoms with E-state index in [4.69, 9.17) is 0 Å². The summed E-state index contributed by atoms with van der Waals surface area (Å²) in [5.41, 5.74) is 2.07. The number of rotatable bonds is 5. The first-order valence-electron chi connectivity index (χ1n) is 8.84. The van der Waals surface area contributed by atoms with E-state index in [1.54, 1.807) is 24.3 Å². The summed E-state index contributed by atoms with van der Waals surface area (Å²) in [7, 11) is 0. The number of nitrogens with one attached hydrogen (secondary N) is 1. The van der Waals surface area contributed by atoms with E-state index in [1.165, 1.54) is 24.3 Å². The summed E-state index contributed by atoms with van der Waals surface area (Å²) in [5, 5.41) is 2.92. The minimum absolute atomic E-state index is 0.0615. The van der Waals surface area contributed by atoms with E-state index in [0.717, 1.165) is 30.8 Å². The summed E-state index contributed by atoms with van der Waals surface area (Å²) >= 11 is 0. The number of urea groups is 1. The number of amides is 2. The smallest absolute Gasteiger partial charge is 0.317 e. The largest absolute Gasteiger partial charge is 0.338 e. The van der Waals surface area contributed by atoms with Gasteiger partial charge < -0.3 is 10.2 Å². The second-order valence-corrected chi connectivity index (χ2v) is 6.50. The Morgan fingerprint density at radius 3 is 1.96 bits per heavy atom. The zero-order valence-electron chi connectivity index (χ0n) is 14.6. The first-order chi connectivity index (χ1) is 12.6. The first kappa shape index (κ1) is 18.3. The van der Waals surface area contributed by atoms with Crippen LogP contribution in [0.15, 0.2) is 48.5 Å². The SMILES string of the molecule is O=C(NCCc1ccc(F)cc1)N1CCN(Cc2ccc(F)cc2)CC1. The van der Waals surface area contributed by atoms with Crippen LogP contribution in [-0.2, 0) is 13.0 Å². The lowest BCUT2D eigenvalue weighted by Gasteiger charge is -2.34. The molecular formula is C20H23F2N3O. The molecule has 2 amide bonds. The van der Waals surface area contributed by atoms with Gasteiger partial charge in [-0.1, -0.05) is 24.3 Å². The van der Waals surface area contributed by atoms with Crippen LogP contribution in [0, 0.1) is 11.6 Å². The van der Waals surface area contributed by atoms with Crippen molar-refractivity contribution in [2.24, 2.45) is 0 Å². The van der Waals surface area contributed by atoms with E-state index in [2.05, 4.69) is 10.2 Å². The summed E-state index contributed by atoms with van der Waals surface area (Å²) in [6.45, 7) is 4.22. The second kappa shape index (κ2) is 8.76. The van der Waals surface area contributed by atoms with E-state index in [0.29, 0.717) is 26.1 Å². The predicted octanol–water partition coefficient (Wildman–Crippen LogP) is 3.03. The molecule has 26 heavy (non-hydrogen) atoms. The maximum absolute atomic E-state index is 13.0. The number of carbonyl (C=O) groups is 1. The molecule has 0 atom stereocenters. The minimum Gasteiger partial charge on any atom is -0.338 e. The van der Waals surface area contributed by atoms with Gasteiger partial charge in [0.25, 0.3) is 0 Å². The molecule has 0 aliphatic carbocycles. The number of piperazine rings is 1. The summed E-state index contributed by atoms with van der Waals surface area (Å²) in [4.78, 5) is 16.3. The van der Waals surface area contributed by atoms with E-state index < -0.39 is 0 Å². The van der Waals surface area contributed by atoms with E-state index in [9.17, 15) is 13.6 Å². The maximum atomic E-state index is 13.0. The summed E-state index contributed by atoms with van der Waals surface area (Å²) < 4.78 is 25.8. The predicted molar refractivity (Wildman–Crippen MR) is 96.8 cm³/mol. The van der Waals surface area contributed by atoms with Crippen LogP contribution < -0.4 is 5.32 Å². The zero-order valence-corrected chi connectivity index (χ0v) is 14.6. The Morgan fingerprint density at radius 2 is 1.38 bits per heavy atom. The molecule has 4 nitrogen and oxygen atoms in total. The Hall–Kier alpha value is -2.47. The van der Waals surface area contributed by atoms with Crippen molar-refractivity contribution < 1.29 is 13.6 Å². The Labute approximate surface area is 152 Å². The zero-order chi connectivity index (χ0) is 18.4. The van der Waals surface area contributed by atoms with E-state index >= 15 is 0 Å². The summed E-state index contributed by atoms with van der Waals surface area (Å²) in [6, 6.07) is 12.8. The fourth-order valence-corrected chi connectivity index (χ4v) is 3.03. The van der Waals surface area contributed by atoms with Crippen molar-refractivity contribution in [2.75, 3.05) is 32.7 Å². The molecule has 1 fully saturated rings. The highest BCUT2D eigenvalue weighted by molar-refractivity contribution is 5.74. The molecule has 3 rings (SSSR count).